The van der Waals surface area contributed by atoms with E-state index < -0.39 is 0 Å². The van der Waals surface area contributed by atoms with E-state index in [1.165, 1.54) is 0 Å². The van der Waals surface area contributed by atoms with E-state index in [9.17, 15) is 4.79 Å². The Morgan fingerprint density at radius 3 is 2.33 bits per heavy atom. The third-order valence-corrected chi connectivity index (χ3v) is 3.32. The van der Waals surface area contributed by atoms with Crippen molar-refractivity contribution in [3.8, 4) is 0 Å². The summed E-state index contributed by atoms with van der Waals surface area (Å²) in [5, 5.41) is 2.89. The van der Waals surface area contributed by atoms with Crippen LogP contribution in [-0.4, -0.2) is 11.4 Å². The maximum absolute atomic E-state index is 11.9. The van der Waals surface area contributed by atoms with Crippen molar-refractivity contribution in [2.75, 3.05) is 0 Å². The van der Waals surface area contributed by atoms with Gasteiger partial charge in [-0.15, -0.1) is 0 Å². The van der Waals surface area contributed by atoms with Crippen molar-refractivity contribution in [1.29, 1.82) is 0 Å². The van der Waals surface area contributed by atoms with Crippen molar-refractivity contribution < 1.29 is 28.8 Å². The van der Waals surface area contributed by atoms with Crippen molar-refractivity contribution in [1.82, 2.24) is 5.32 Å². The monoisotopic (exact) mass is 387 g/mol. The standard InChI is InChI=1S/C15H15BrN2O.H2O.V/c16-14-6-4-13(5-7-14)15(19)18-10-12-3-1-2-11(8-12)9-17;;/h1-8H,9-10,17H2,(H,18,19);1H2;. The average Bonchev–Trinajstić information content (AvgIpc) is 2.46. The maximum atomic E-state index is 11.9. The van der Waals surface area contributed by atoms with Gasteiger partial charge in [0, 0.05) is 41.7 Å². The van der Waals surface area contributed by atoms with Crippen molar-refractivity contribution in [2.45, 2.75) is 13.1 Å². The van der Waals surface area contributed by atoms with Crippen LogP contribution in [0.1, 0.15) is 21.5 Å². The minimum atomic E-state index is -0.0781. The average molecular weight is 388 g/mol. The number of amides is 1. The number of hydrogen-bond donors (Lipinski definition) is 2. The Morgan fingerprint density at radius 1 is 1.10 bits per heavy atom. The predicted octanol–water partition coefficient (Wildman–Crippen LogP) is 2.01. The quantitative estimate of drug-likeness (QED) is 0.840. The van der Waals surface area contributed by atoms with Crippen molar-refractivity contribution in [3.63, 3.8) is 0 Å². The van der Waals surface area contributed by atoms with Gasteiger partial charge in [0.05, 0.1) is 0 Å². The van der Waals surface area contributed by atoms with Crippen LogP contribution in [0.2, 0.25) is 0 Å². The summed E-state index contributed by atoms with van der Waals surface area (Å²) in [7, 11) is 0. The Hall–Kier alpha value is -1.11. The van der Waals surface area contributed by atoms with Crippen LogP contribution in [0.5, 0.6) is 0 Å². The first-order valence-corrected chi connectivity index (χ1v) is 6.80. The van der Waals surface area contributed by atoms with E-state index in [0.717, 1.165) is 15.6 Å². The number of hydrogen-bond acceptors (Lipinski definition) is 2. The molecule has 0 fully saturated rings. The number of carbonyl (C=O) groups is 1. The molecule has 2 aromatic carbocycles. The SMILES string of the molecule is NCc1cccc(CNC(=O)c2ccc(Br)cc2)c1.O.[V]. The molecule has 0 heterocycles. The number of carbonyl (C=O) groups excluding carboxylic acids is 1. The maximum Gasteiger partial charge on any atom is 0.251 e. The molecule has 2 aromatic rings. The molecule has 0 aliphatic carbocycles. The number of benzene rings is 2. The fraction of sp³-hybridized carbons (Fsp3) is 0.133. The van der Waals surface area contributed by atoms with Gasteiger partial charge in [0.15, 0.2) is 0 Å². The molecule has 1 radical (unpaired) electrons. The van der Waals surface area contributed by atoms with Crippen LogP contribution < -0.4 is 11.1 Å². The zero-order valence-electron chi connectivity index (χ0n) is 11.3. The minimum Gasteiger partial charge on any atom is -0.412 e. The fourth-order valence-corrected chi connectivity index (χ4v) is 2.02. The zero-order valence-corrected chi connectivity index (χ0v) is 14.3. The fourth-order valence-electron chi connectivity index (χ4n) is 1.75. The molecule has 0 bridgehead atoms. The third-order valence-electron chi connectivity index (χ3n) is 2.79. The van der Waals surface area contributed by atoms with Crippen LogP contribution in [0.25, 0.3) is 0 Å². The van der Waals surface area contributed by atoms with Crippen LogP contribution in [-0.2, 0) is 31.6 Å². The van der Waals surface area contributed by atoms with Crippen molar-refractivity contribution >= 4 is 21.8 Å². The van der Waals surface area contributed by atoms with E-state index in [0.29, 0.717) is 18.7 Å². The van der Waals surface area contributed by atoms with Gasteiger partial charge in [0.1, 0.15) is 0 Å². The molecular formula is C15H17BrN2O2V. The summed E-state index contributed by atoms with van der Waals surface area (Å²) in [5.41, 5.74) is 8.35. The summed E-state index contributed by atoms with van der Waals surface area (Å²) in [6.45, 7) is 1.01. The van der Waals surface area contributed by atoms with Gasteiger partial charge in [-0.3, -0.25) is 4.79 Å². The summed E-state index contributed by atoms with van der Waals surface area (Å²) in [6, 6.07) is 15.2. The Kier molecular flexibility index (Phi) is 9.25. The molecule has 0 spiro atoms. The van der Waals surface area contributed by atoms with Gasteiger partial charge in [0.25, 0.3) is 5.91 Å². The number of rotatable bonds is 4. The first-order chi connectivity index (χ1) is 9.19. The van der Waals surface area contributed by atoms with Gasteiger partial charge in [-0.25, -0.2) is 0 Å². The Morgan fingerprint density at radius 2 is 1.71 bits per heavy atom. The first-order valence-electron chi connectivity index (χ1n) is 6.00. The molecule has 4 nitrogen and oxygen atoms in total. The van der Waals surface area contributed by atoms with Crippen molar-refractivity contribution in [2.24, 2.45) is 5.73 Å². The summed E-state index contributed by atoms with van der Waals surface area (Å²) >= 11 is 3.34. The minimum absolute atomic E-state index is 0. The molecule has 5 N–H and O–H groups in total. The molecule has 21 heavy (non-hydrogen) atoms. The van der Waals surface area contributed by atoms with Crippen LogP contribution in [0.4, 0.5) is 0 Å². The molecule has 111 valence electrons. The first kappa shape index (κ1) is 19.9. The second-order valence-electron chi connectivity index (χ2n) is 4.21. The number of nitrogens with two attached hydrogens (primary N) is 1. The van der Waals surface area contributed by atoms with Gasteiger partial charge in [0.2, 0.25) is 0 Å². The molecule has 0 atom stereocenters. The Bertz CT molecular complexity index is 576. The van der Waals surface area contributed by atoms with E-state index in [2.05, 4.69) is 21.2 Å². The predicted molar refractivity (Wildman–Crippen MR) is 83.3 cm³/mol. The summed E-state index contributed by atoms with van der Waals surface area (Å²) in [4.78, 5) is 11.9. The Labute approximate surface area is 144 Å². The van der Waals surface area contributed by atoms with Crippen LogP contribution in [0, 0.1) is 0 Å². The van der Waals surface area contributed by atoms with Gasteiger partial charge < -0.3 is 16.5 Å². The molecule has 0 unspecified atom stereocenters. The molecule has 0 aliphatic rings. The molecule has 0 aliphatic heterocycles. The molecule has 0 saturated carbocycles. The van der Waals surface area contributed by atoms with Crippen molar-refractivity contribution in [3.05, 3.63) is 69.7 Å². The van der Waals surface area contributed by atoms with Crippen LogP contribution >= 0.6 is 15.9 Å². The summed E-state index contributed by atoms with van der Waals surface area (Å²) in [5.74, 6) is -0.0781. The van der Waals surface area contributed by atoms with Gasteiger partial charge in [-0.1, -0.05) is 40.2 Å². The molecule has 0 aromatic heterocycles. The second kappa shape index (κ2) is 9.76. The topological polar surface area (TPSA) is 86.6 Å². The second-order valence-corrected chi connectivity index (χ2v) is 5.13. The largest absolute Gasteiger partial charge is 0.412 e. The molecule has 0 saturated heterocycles. The van der Waals surface area contributed by atoms with Gasteiger partial charge in [-0.05, 0) is 35.4 Å². The van der Waals surface area contributed by atoms with E-state index in [4.69, 9.17) is 5.73 Å². The normalized spacial score (nSPS) is 9.24. The van der Waals surface area contributed by atoms with Gasteiger partial charge in [-0.2, -0.15) is 0 Å². The molecule has 2 rings (SSSR count). The molecule has 6 heteroatoms. The van der Waals surface area contributed by atoms with E-state index >= 15 is 0 Å². The van der Waals surface area contributed by atoms with Gasteiger partial charge >= 0.3 is 0 Å². The summed E-state index contributed by atoms with van der Waals surface area (Å²) in [6.07, 6.45) is 0. The summed E-state index contributed by atoms with van der Waals surface area (Å²) < 4.78 is 0.958. The molecular weight excluding hydrogens is 371 g/mol. The molecule has 1 amide bonds. The van der Waals surface area contributed by atoms with Crippen LogP contribution in [0.15, 0.2) is 53.0 Å². The third kappa shape index (κ3) is 6.03. The van der Waals surface area contributed by atoms with E-state index in [1.807, 2.05) is 36.4 Å². The van der Waals surface area contributed by atoms with Crippen LogP contribution in [0.3, 0.4) is 0 Å². The Balaban J connectivity index is 0.00000200. The zero-order chi connectivity index (χ0) is 13.7. The number of nitrogens with one attached hydrogen (secondary N) is 1. The smallest absolute Gasteiger partial charge is 0.251 e. The number of halogens is 1. The van der Waals surface area contributed by atoms with E-state index in [-0.39, 0.29) is 29.9 Å². The van der Waals surface area contributed by atoms with E-state index in [1.54, 1.807) is 12.1 Å².